The minimum absolute atomic E-state index is 0.0567. The van der Waals surface area contributed by atoms with Gasteiger partial charge in [-0.1, -0.05) is 109 Å². The molecule has 0 bridgehead atoms. The minimum atomic E-state index is -5.11. The van der Waals surface area contributed by atoms with Gasteiger partial charge in [-0.05, 0) is 155 Å². The number of fused-ring (bicyclic) bond motifs is 3. The molecular formula is C68H44F6N6. The number of benzene rings is 8. The van der Waals surface area contributed by atoms with Crippen LogP contribution in [-0.4, -0.2) is 26.6 Å². The van der Waals surface area contributed by atoms with Gasteiger partial charge in [-0.2, -0.15) is 31.6 Å². The van der Waals surface area contributed by atoms with Gasteiger partial charge in [-0.25, -0.2) is 0 Å². The maximum Gasteiger partial charge on any atom is 0.417 e. The summed E-state index contributed by atoms with van der Waals surface area (Å²) in [5.74, 6) is 0. The molecule has 12 heteroatoms. The van der Waals surface area contributed by atoms with Crippen LogP contribution in [0.5, 0.6) is 0 Å². The van der Waals surface area contributed by atoms with E-state index in [9.17, 15) is 18.4 Å². The van der Waals surface area contributed by atoms with Crippen LogP contribution in [0.2, 0.25) is 0 Å². The Bertz CT molecular complexity index is 4230. The molecule has 388 valence electrons. The van der Waals surface area contributed by atoms with Gasteiger partial charge in [0.2, 0.25) is 0 Å². The average molecular weight is 1060 g/mol. The van der Waals surface area contributed by atoms with Gasteiger partial charge in [0.05, 0.1) is 62.2 Å². The number of hydrogen-bond donors (Lipinski definition) is 0. The minimum Gasteiger partial charge on any atom is -0.344 e. The first kappa shape index (κ1) is 50.7. The fraction of sp³-hybridized carbons (Fsp3) is 0.0588. The summed E-state index contributed by atoms with van der Waals surface area (Å²) in [6.45, 7) is 1.86. The number of pyridine rings is 3. The Balaban J connectivity index is 1.11. The molecular weight excluding hydrogens is 1010 g/mol. The van der Waals surface area contributed by atoms with Crippen molar-refractivity contribution >= 4 is 33.2 Å². The van der Waals surface area contributed by atoms with E-state index in [1.807, 2.05) is 189 Å². The monoisotopic (exact) mass is 1060 g/mol. The van der Waals surface area contributed by atoms with Crippen LogP contribution in [0.4, 0.5) is 37.7 Å². The van der Waals surface area contributed by atoms with E-state index in [1.165, 1.54) is 12.1 Å². The number of hydrogen-bond acceptors (Lipinski definition) is 5. The summed E-state index contributed by atoms with van der Waals surface area (Å²) in [7, 11) is 1.65. The number of alkyl halides is 6. The lowest BCUT2D eigenvalue weighted by atomic mass is 9.91. The van der Waals surface area contributed by atoms with Gasteiger partial charge in [0.1, 0.15) is 0 Å². The molecule has 0 saturated carbocycles. The van der Waals surface area contributed by atoms with Crippen molar-refractivity contribution < 1.29 is 26.3 Å². The zero-order valence-electron chi connectivity index (χ0n) is 42.9. The molecule has 0 aliphatic heterocycles. The molecule has 80 heavy (non-hydrogen) atoms. The first-order valence-corrected chi connectivity index (χ1v) is 25.6. The summed E-state index contributed by atoms with van der Waals surface area (Å²) in [6.07, 6.45) is -4.94. The normalized spacial score (nSPS) is 11.7. The number of nitriles is 1. The quantitative estimate of drug-likeness (QED) is 0.128. The number of halogens is 6. The molecule has 12 aromatic rings. The van der Waals surface area contributed by atoms with Crippen molar-refractivity contribution in [3.05, 3.63) is 253 Å². The summed E-state index contributed by atoms with van der Waals surface area (Å²) in [5.41, 5.74) is 9.03. The lowest BCUT2D eigenvalue weighted by Crippen LogP contribution is -2.16. The second kappa shape index (κ2) is 20.4. The van der Waals surface area contributed by atoms with Crippen LogP contribution >= 0.6 is 0 Å². The Morgan fingerprint density at radius 1 is 0.438 bits per heavy atom. The molecule has 0 N–H and O–H groups in total. The zero-order valence-corrected chi connectivity index (χ0v) is 42.9. The van der Waals surface area contributed by atoms with E-state index >= 15 is 13.2 Å². The molecule has 4 heterocycles. The van der Waals surface area contributed by atoms with Crippen LogP contribution in [0.3, 0.4) is 0 Å². The van der Waals surface area contributed by atoms with Gasteiger partial charge >= 0.3 is 12.4 Å². The summed E-state index contributed by atoms with van der Waals surface area (Å²) in [5, 5.41) is 12.3. The van der Waals surface area contributed by atoms with E-state index in [0.717, 1.165) is 67.2 Å². The van der Waals surface area contributed by atoms with E-state index < -0.39 is 29.0 Å². The van der Waals surface area contributed by atoms with E-state index in [-0.39, 0.29) is 22.5 Å². The summed E-state index contributed by atoms with van der Waals surface area (Å²) < 4.78 is 93.6. The van der Waals surface area contributed by atoms with Crippen LogP contribution in [0, 0.1) is 18.3 Å². The second-order valence-electron chi connectivity index (χ2n) is 19.5. The zero-order chi connectivity index (χ0) is 55.3. The van der Waals surface area contributed by atoms with Crippen molar-refractivity contribution in [2.45, 2.75) is 19.3 Å². The molecule has 0 spiro atoms. The van der Waals surface area contributed by atoms with Gasteiger partial charge in [0.15, 0.2) is 0 Å². The van der Waals surface area contributed by atoms with E-state index in [0.29, 0.717) is 51.3 Å². The molecule has 8 aromatic carbocycles. The van der Waals surface area contributed by atoms with Gasteiger partial charge in [-0.3, -0.25) is 15.0 Å². The predicted octanol–water partition coefficient (Wildman–Crippen LogP) is 18.6. The van der Waals surface area contributed by atoms with Gasteiger partial charge in [0.25, 0.3) is 0 Å². The van der Waals surface area contributed by atoms with E-state index in [1.54, 1.807) is 35.1 Å². The first-order valence-electron chi connectivity index (χ1n) is 25.6. The third-order valence-electron chi connectivity index (χ3n) is 14.6. The summed E-state index contributed by atoms with van der Waals surface area (Å²) >= 11 is 0. The topological polar surface area (TPSA) is 70.6 Å². The maximum absolute atomic E-state index is 15.7. The third kappa shape index (κ3) is 9.60. The smallest absolute Gasteiger partial charge is 0.344 e. The van der Waals surface area contributed by atoms with Crippen LogP contribution < -0.4 is 4.90 Å². The largest absolute Gasteiger partial charge is 0.417 e. The molecule has 12 rings (SSSR count). The molecule has 0 amide bonds. The number of aromatic nitrogens is 4. The van der Waals surface area contributed by atoms with E-state index in [4.69, 9.17) is 0 Å². The molecule has 0 unspecified atom stereocenters. The lowest BCUT2D eigenvalue weighted by Gasteiger charge is -2.29. The van der Waals surface area contributed by atoms with Crippen molar-refractivity contribution in [2.75, 3.05) is 11.9 Å². The van der Waals surface area contributed by atoms with Gasteiger partial charge < -0.3 is 9.47 Å². The van der Waals surface area contributed by atoms with Gasteiger partial charge in [-0.15, -0.1) is 0 Å². The second-order valence-corrected chi connectivity index (χ2v) is 19.5. The SMILES string of the molecule is Cc1cc(-c2ccnc(-c3ccccc3)c2)ccc1N(C)c1cc(C#N)cc(-n2c3ccc(-c4ccnc(-c5ccccc5)c4)cc3c3cc(-c4ccnc(-c5ccccc5)c4)ccc32)c1-c1cc(C(F)(F)F)ccc1C(F)(F)F. The molecule has 0 fully saturated rings. The summed E-state index contributed by atoms with van der Waals surface area (Å²) in [6, 6.07) is 64.7. The van der Waals surface area contributed by atoms with E-state index in [2.05, 4.69) is 21.0 Å². The fourth-order valence-electron chi connectivity index (χ4n) is 10.7. The van der Waals surface area contributed by atoms with Crippen LogP contribution in [0.1, 0.15) is 22.3 Å². The van der Waals surface area contributed by atoms with Crippen LogP contribution in [0.15, 0.2) is 231 Å². The first-order chi connectivity index (χ1) is 38.7. The molecule has 0 saturated heterocycles. The molecule has 0 aliphatic carbocycles. The third-order valence-corrected chi connectivity index (χ3v) is 14.6. The Kier molecular flexibility index (Phi) is 12.9. The molecule has 6 nitrogen and oxygen atoms in total. The van der Waals surface area contributed by atoms with Crippen molar-refractivity contribution in [3.63, 3.8) is 0 Å². The molecule has 0 atom stereocenters. The highest BCUT2D eigenvalue weighted by Crippen LogP contribution is 2.50. The Morgan fingerprint density at radius 2 is 0.887 bits per heavy atom. The number of nitrogens with zero attached hydrogens (tertiary/aromatic N) is 6. The Morgan fingerprint density at radius 3 is 1.32 bits per heavy atom. The predicted molar refractivity (Wildman–Crippen MR) is 306 cm³/mol. The van der Waals surface area contributed by atoms with Crippen molar-refractivity contribution in [1.82, 2.24) is 19.5 Å². The van der Waals surface area contributed by atoms with Crippen LogP contribution in [-0.2, 0) is 12.4 Å². The van der Waals surface area contributed by atoms with Crippen molar-refractivity contribution in [2.24, 2.45) is 0 Å². The highest BCUT2D eigenvalue weighted by molar-refractivity contribution is 6.13. The van der Waals surface area contributed by atoms with Crippen LogP contribution in [0.25, 0.3) is 106 Å². The highest BCUT2D eigenvalue weighted by atomic mass is 19.4. The highest BCUT2D eigenvalue weighted by Gasteiger charge is 2.39. The molecule has 0 radical (unpaired) electrons. The lowest BCUT2D eigenvalue weighted by molar-refractivity contribution is -0.141. The number of rotatable bonds is 10. The van der Waals surface area contributed by atoms with Crippen molar-refractivity contribution in [1.29, 1.82) is 5.26 Å². The Hall–Kier alpha value is -10.1. The van der Waals surface area contributed by atoms with Gasteiger partial charge in [0, 0.05) is 64.4 Å². The standard InChI is InChI=1S/C68H44F6N6/c1-42-32-47(50-26-29-76-58(37-50)44-12-6-3-7-13-44)18-23-61(42)79(2)64-33-43(41-75)34-65(66(64)56-40-53(67(69,70)71)21-22-57(56)68(72,73)74)80-62-24-19-48(51-27-30-77-59(38-51)45-14-8-4-9-15-45)35-54(62)55-36-49(20-25-63(55)80)52-28-31-78-60(39-52)46-16-10-5-11-17-46/h3-40H,1-2H3. The summed E-state index contributed by atoms with van der Waals surface area (Å²) in [4.78, 5) is 15.5. The maximum atomic E-state index is 15.7. The average Bonchev–Trinajstić information content (AvgIpc) is 3.92. The number of anilines is 2. The molecule has 0 aliphatic rings. The van der Waals surface area contributed by atoms with Crippen molar-refractivity contribution in [3.8, 4) is 90.0 Å². The Labute approximate surface area is 456 Å². The molecule has 4 aromatic heterocycles. The fourth-order valence-corrected chi connectivity index (χ4v) is 10.7. The number of aryl methyl sites for hydroxylation is 1.